The van der Waals surface area contributed by atoms with Crippen molar-refractivity contribution in [3.05, 3.63) is 29.3 Å². The Hall–Kier alpha value is -1.35. The van der Waals surface area contributed by atoms with E-state index in [1.165, 1.54) is 0 Å². The number of benzene rings is 1. The standard InChI is InChI=1S/C10H11NO2/c12-6-7-1-2-8-3-4-10(13)11-9(8)5-7/h1-2,5,12H,3-4,6H2,(H,11,13). The van der Waals surface area contributed by atoms with Gasteiger partial charge in [-0.15, -0.1) is 0 Å². The molecule has 1 aromatic carbocycles. The molecule has 13 heavy (non-hydrogen) atoms. The second kappa shape index (κ2) is 3.18. The summed E-state index contributed by atoms with van der Waals surface area (Å²) >= 11 is 0. The van der Waals surface area contributed by atoms with Crippen LogP contribution < -0.4 is 5.32 Å². The third-order valence-electron chi connectivity index (χ3n) is 2.25. The topological polar surface area (TPSA) is 49.3 Å². The number of aryl methyl sites for hydroxylation is 1. The third-order valence-corrected chi connectivity index (χ3v) is 2.25. The van der Waals surface area contributed by atoms with Crippen molar-refractivity contribution < 1.29 is 9.90 Å². The predicted molar refractivity (Wildman–Crippen MR) is 49.3 cm³/mol. The molecule has 1 aromatic rings. The molecular weight excluding hydrogens is 166 g/mol. The fourth-order valence-corrected chi connectivity index (χ4v) is 1.52. The van der Waals surface area contributed by atoms with Gasteiger partial charge in [0.25, 0.3) is 0 Å². The summed E-state index contributed by atoms with van der Waals surface area (Å²) in [6.07, 6.45) is 1.36. The van der Waals surface area contributed by atoms with Crippen LogP contribution in [0.25, 0.3) is 0 Å². The first-order valence-corrected chi connectivity index (χ1v) is 4.32. The number of rotatable bonds is 1. The highest BCUT2D eigenvalue weighted by atomic mass is 16.3. The van der Waals surface area contributed by atoms with Gasteiger partial charge in [-0.2, -0.15) is 0 Å². The summed E-state index contributed by atoms with van der Waals surface area (Å²) < 4.78 is 0. The third kappa shape index (κ3) is 1.55. The average molecular weight is 177 g/mol. The van der Waals surface area contributed by atoms with Crippen LogP contribution in [-0.4, -0.2) is 11.0 Å². The highest BCUT2D eigenvalue weighted by molar-refractivity contribution is 5.93. The molecule has 0 spiro atoms. The number of carbonyl (C=O) groups excluding carboxylic acids is 1. The minimum Gasteiger partial charge on any atom is -0.392 e. The van der Waals surface area contributed by atoms with Crippen LogP contribution in [0.1, 0.15) is 17.5 Å². The Kier molecular flexibility index (Phi) is 2.02. The molecule has 3 heteroatoms. The monoisotopic (exact) mass is 177 g/mol. The van der Waals surface area contributed by atoms with E-state index in [0.29, 0.717) is 6.42 Å². The van der Waals surface area contributed by atoms with Crippen molar-refractivity contribution in [3.8, 4) is 0 Å². The summed E-state index contributed by atoms with van der Waals surface area (Å²) in [5.74, 6) is 0.0580. The maximum atomic E-state index is 11.1. The van der Waals surface area contributed by atoms with Crippen molar-refractivity contribution in [2.45, 2.75) is 19.4 Å². The first-order chi connectivity index (χ1) is 6.29. The maximum Gasteiger partial charge on any atom is 0.224 e. The molecular formula is C10H11NO2. The smallest absolute Gasteiger partial charge is 0.224 e. The van der Waals surface area contributed by atoms with E-state index in [0.717, 1.165) is 23.2 Å². The summed E-state index contributed by atoms with van der Waals surface area (Å²) in [5.41, 5.74) is 2.83. The molecule has 0 aromatic heterocycles. The molecule has 0 radical (unpaired) electrons. The van der Waals surface area contributed by atoms with E-state index in [4.69, 9.17) is 5.11 Å². The van der Waals surface area contributed by atoms with Gasteiger partial charge in [0.2, 0.25) is 5.91 Å². The number of anilines is 1. The van der Waals surface area contributed by atoms with Crippen molar-refractivity contribution in [2.75, 3.05) is 5.32 Å². The Morgan fingerprint density at radius 2 is 2.23 bits per heavy atom. The lowest BCUT2D eigenvalue weighted by Gasteiger charge is -2.16. The number of aliphatic hydroxyl groups is 1. The summed E-state index contributed by atoms with van der Waals surface area (Å²) in [7, 11) is 0. The zero-order chi connectivity index (χ0) is 9.26. The van der Waals surface area contributed by atoms with Gasteiger partial charge in [-0.05, 0) is 23.6 Å². The fourth-order valence-electron chi connectivity index (χ4n) is 1.52. The Labute approximate surface area is 76.4 Å². The lowest BCUT2D eigenvalue weighted by atomic mass is 10.0. The average Bonchev–Trinajstić information content (AvgIpc) is 2.16. The fraction of sp³-hybridized carbons (Fsp3) is 0.300. The molecule has 0 atom stereocenters. The van der Waals surface area contributed by atoms with Gasteiger partial charge in [-0.1, -0.05) is 12.1 Å². The van der Waals surface area contributed by atoms with Crippen LogP contribution in [0.3, 0.4) is 0 Å². The molecule has 0 unspecified atom stereocenters. The van der Waals surface area contributed by atoms with Crippen LogP contribution in [-0.2, 0) is 17.8 Å². The Morgan fingerprint density at radius 3 is 3.00 bits per heavy atom. The van der Waals surface area contributed by atoms with Crippen molar-refractivity contribution in [1.29, 1.82) is 0 Å². The highest BCUT2D eigenvalue weighted by Crippen LogP contribution is 2.23. The molecule has 0 saturated heterocycles. The molecule has 0 bridgehead atoms. The second-order valence-electron chi connectivity index (χ2n) is 3.20. The second-order valence-corrected chi connectivity index (χ2v) is 3.20. The Morgan fingerprint density at radius 1 is 1.38 bits per heavy atom. The van der Waals surface area contributed by atoms with Gasteiger partial charge in [0.1, 0.15) is 0 Å². The van der Waals surface area contributed by atoms with Gasteiger partial charge in [0.05, 0.1) is 6.61 Å². The first-order valence-electron chi connectivity index (χ1n) is 4.32. The summed E-state index contributed by atoms with van der Waals surface area (Å²) in [6, 6.07) is 5.67. The van der Waals surface area contributed by atoms with Crippen molar-refractivity contribution in [1.82, 2.24) is 0 Å². The molecule has 1 amide bonds. The number of hydrogen-bond donors (Lipinski definition) is 2. The zero-order valence-corrected chi connectivity index (χ0v) is 7.21. The quantitative estimate of drug-likeness (QED) is 0.674. The van der Waals surface area contributed by atoms with Gasteiger partial charge in [-0.3, -0.25) is 4.79 Å². The predicted octanol–water partition coefficient (Wildman–Crippen LogP) is 1.06. The number of nitrogens with one attached hydrogen (secondary N) is 1. The normalized spacial score (nSPS) is 15.0. The molecule has 0 saturated carbocycles. The van der Waals surface area contributed by atoms with Crippen molar-refractivity contribution in [2.24, 2.45) is 0 Å². The molecule has 2 N–H and O–H groups in total. The van der Waals surface area contributed by atoms with E-state index in [9.17, 15) is 4.79 Å². The molecule has 0 fully saturated rings. The Balaban J connectivity index is 2.38. The molecule has 1 heterocycles. The van der Waals surface area contributed by atoms with Crippen LogP contribution in [0.4, 0.5) is 5.69 Å². The number of aliphatic hydroxyl groups excluding tert-OH is 1. The molecule has 3 nitrogen and oxygen atoms in total. The Bertz CT molecular complexity index is 347. The molecule has 2 rings (SSSR count). The largest absolute Gasteiger partial charge is 0.392 e. The van der Waals surface area contributed by atoms with E-state index >= 15 is 0 Å². The number of carbonyl (C=O) groups is 1. The van der Waals surface area contributed by atoms with E-state index < -0.39 is 0 Å². The minimum absolute atomic E-state index is 0.0170. The summed E-state index contributed by atoms with van der Waals surface area (Å²) in [5, 5.41) is 11.7. The van der Waals surface area contributed by atoms with Crippen LogP contribution in [0, 0.1) is 0 Å². The summed E-state index contributed by atoms with van der Waals surface area (Å²) in [4.78, 5) is 11.1. The van der Waals surface area contributed by atoms with Crippen LogP contribution in [0.15, 0.2) is 18.2 Å². The van der Waals surface area contributed by atoms with Crippen molar-refractivity contribution >= 4 is 11.6 Å². The van der Waals surface area contributed by atoms with Gasteiger partial charge in [-0.25, -0.2) is 0 Å². The number of amides is 1. The van der Waals surface area contributed by atoms with E-state index in [-0.39, 0.29) is 12.5 Å². The number of hydrogen-bond acceptors (Lipinski definition) is 2. The van der Waals surface area contributed by atoms with E-state index in [1.807, 2.05) is 18.2 Å². The molecule has 1 aliphatic rings. The SMILES string of the molecule is O=C1CCc2ccc(CO)cc2N1. The van der Waals surface area contributed by atoms with Gasteiger partial charge in [0, 0.05) is 12.1 Å². The van der Waals surface area contributed by atoms with Crippen LogP contribution >= 0.6 is 0 Å². The van der Waals surface area contributed by atoms with Gasteiger partial charge in [0.15, 0.2) is 0 Å². The summed E-state index contributed by atoms with van der Waals surface area (Å²) in [6.45, 7) is 0.0170. The van der Waals surface area contributed by atoms with Gasteiger partial charge < -0.3 is 10.4 Å². The lowest BCUT2D eigenvalue weighted by Crippen LogP contribution is -2.18. The van der Waals surface area contributed by atoms with E-state index in [2.05, 4.69) is 5.32 Å². The maximum absolute atomic E-state index is 11.1. The lowest BCUT2D eigenvalue weighted by molar-refractivity contribution is -0.116. The molecule has 68 valence electrons. The molecule has 1 aliphatic heterocycles. The van der Waals surface area contributed by atoms with Crippen LogP contribution in [0.5, 0.6) is 0 Å². The highest BCUT2D eigenvalue weighted by Gasteiger charge is 2.14. The van der Waals surface area contributed by atoms with Gasteiger partial charge >= 0.3 is 0 Å². The van der Waals surface area contributed by atoms with E-state index in [1.54, 1.807) is 0 Å². The zero-order valence-electron chi connectivity index (χ0n) is 7.21. The first kappa shape index (κ1) is 8.26. The number of fused-ring (bicyclic) bond motifs is 1. The minimum atomic E-state index is 0.0170. The van der Waals surface area contributed by atoms with Crippen molar-refractivity contribution in [3.63, 3.8) is 0 Å². The molecule has 0 aliphatic carbocycles. The van der Waals surface area contributed by atoms with Crippen LogP contribution in [0.2, 0.25) is 0 Å².